The van der Waals surface area contributed by atoms with Crippen molar-refractivity contribution in [1.82, 2.24) is 14.5 Å². The molecule has 2 amide bonds. The number of hydrogen-bond donors (Lipinski definition) is 1. The van der Waals surface area contributed by atoms with Gasteiger partial charge in [-0.15, -0.1) is 0 Å². The number of rotatable bonds is 9. The lowest BCUT2D eigenvalue weighted by molar-refractivity contribution is -0.151. The first-order valence-corrected chi connectivity index (χ1v) is 11.9. The summed E-state index contributed by atoms with van der Waals surface area (Å²) in [5.74, 6) is -1.01. The van der Waals surface area contributed by atoms with E-state index in [1.807, 2.05) is 0 Å². The topological polar surface area (TPSA) is 113 Å². The fraction of sp³-hybridized carbons (Fsp3) is 0.550. The predicted octanol–water partition coefficient (Wildman–Crippen LogP) is 1.27. The second-order valence-electron chi connectivity index (χ2n) is 7.24. The molecule has 1 heterocycles. The second-order valence-corrected chi connectivity index (χ2v) is 9.38. The number of likely N-dealkylation sites (tertiary alicyclic amines) is 1. The van der Waals surface area contributed by atoms with Gasteiger partial charge in [-0.2, -0.15) is 0 Å². The van der Waals surface area contributed by atoms with E-state index in [0.29, 0.717) is 32.5 Å². The second kappa shape index (κ2) is 11.4. The van der Waals surface area contributed by atoms with E-state index in [-0.39, 0.29) is 53.1 Å². The number of sulfonamides is 1. The molecule has 0 atom stereocenters. The van der Waals surface area contributed by atoms with Crippen molar-refractivity contribution in [2.24, 2.45) is 5.92 Å². The van der Waals surface area contributed by atoms with Crippen LogP contribution in [0.25, 0.3) is 0 Å². The summed E-state index contributed by atoms with van der Waals surface area (Å²) in [5, 5.41) is 0.0933. The monoisotopic (exact) mass is 473 g/mol. The molecule has 0 aromatic heterocycles. The van der Waals surface area contributed by atoms with Gasteiger partial charge in [-0.25, -0.2) is 13.1 Å². The first-order chi connectivity index (χ1) is 14.7. The number of amides is 2. The van der Waals surface area contributed by atoms with Crippen LogP contribution in [0, 0.1) is 5.92 Å². The third-order valence-corrected chi connectivity index (χ3v) is 6.98. The van der Waals surface area contributed by atoms with Crippen LogP contribution in [-0.2, 0) is 29.1 Å². The van der Waals surface area contributed by atoms with Crippen molar-refractivity contribution in [1.29, 1.82) is 0 Å². The largest absolute Gasteiger partial charge is 0.466 e. The van der Waals surface area contributed by atoms with Gasteiger partial charge in [-0.05, 0) is 31.9 Å². The van der Waals surface area contributed by atoms with Gasteiger partial charge in [0.05, 0.1) is 24.1 Å². The normalized spacial score (nSPS) is 14.9. The van der Waals surface area contributed by atoms with Gasteiger partial charge in [0.1, 0.15) is 4.90 Å². The molecule has 1 N–H and O–H groups in total. The Balaban J connectivity index is 1.76. The molecule has 9 nitrogen and oxygen atoms in total. The Labute approximate surface area is 187 Å². The Hall–Kier alpha value is -2.17. The van der Waals surface area contributed by atoms with E-state index >= 15 is 0 Å². The Bertz CT molecular complexity index is 900. The highest BCUT2D eigenvalue weighted by Gasteiger charge is 2.29. The maximum Gasteiger partial charge on any atom is 0.309 e. The minimum atomic E-state index is -3.83. The summed E-state index contributed by atoms with van der Waals surface area (Å²) in [4.78, 5) is 39.4. The van der Waals surface area contributed by atoms with Gasteiger partial charge in [-0.1, -0.05) is 23.7 Å². The van der Waals surface area contributed by atoms with E-state index in [4.69, 9.17) is 16.3 Å². The molecular formula is C20H28ClN3O6S. The number of esters is 1. The Kier molecular flexibility index (Phi) is 9.27. The maximum atomic E-state index is 12.5. The summed E-state index contributed by atoms with van der Waals surface area (Å²) < 4.78 is 31.9. The lowest BCUT2D eigenvalue weighted by Gasteiger charge is -2.32. The SMILES string of the molecule is CCOC(=O)C1CCN(C(=O)CN(C)C(=O)CCNS(=O)(=O)c2ccccc2Cl)CC1. The number of carbonyl (C=O) groups excluding carboxylic acids is 3. The molecule has 0 bridgehead atoms. The van der Waals surface area contributed by atoms with E-state index in [2.05, 4.69) is 4.72 Å². The number of likely N-dealkylation sites (N-methyl/N-ethyl adjacent to an activating group) is 1. The standard InChI is InChI=1S/C20H28ClN3O6S/c1-3-30-20(27)15-9-12-24(13-10-15)19(26)14-23(2)18(25)8-11-22-31(28,29)17-7-5-4-6-16(17)21/h4-7,15,22H,3,8-14H2,1-2H3. The van der Waals surface area contributed by atoms with Crippen LogP contribution in [0.3, 0.4) is 0 Å². The number of piperidine rings is 1. The van der Waals surface area contributed by atoms with Crippen molar-refractivity contribution in [3.63, 3.8) is 0 Å². The smallest absolute Gasteiger partial charge is 0.309 e. The molecule has 0 unspecified atom stereocenters. The summed E-state index contributed by atoms with van der Waals surface area (Å²) in [7, 11) is -2.34. The van der Waals surface area contributed by atoms with Gasteiger partial charge in [0.2, 0.25) is 21.8 Å². The molecule has 31 heavy (non-hydrogen) atoms. The van der Waals surface area contributed by atoms with Crippen molar-refractivity contribution in [3.05, 3.63) is 29.3 Å². The highest BCUT2D eigenvalue weighted by molar-refractivity contribution is 7.89. The van der Waals surface area contributed by atoms with Gasteiger partial charge in [0, 0.05) is 33.1 Å². The molecule has 2 rings (SSSR count). The lowest BCUT2D eigenvalue weighted by atomic mass is 9.97. The van der Waals surface area contributed by atoms with Gasteiger partial charge in [0.15, 0.2) is 0 Å². The molecule has 1 aromatic carbocycles. The van der Waals surface area contributed by atoms with Gasteiger partial charge < -0.3 is 14.5 Å². The predicted molar refractivity (Wildman–Crippen MR) is 115 cm³/mol. The Morgan fingerprint density at radius 1 is 1.23 bits per heavy atom. The molecule has 172 valence electrons. The highest BCUT2D eigenvalue weighted by atomic mass is 35.5. The first kappa shape index (κ1) is 25.1. The number of carbonyl (C=O) groups is 3. The third kappa shape index (κ3) is 7.19. The van der Waals surface area contributed by atoms with Crippen molar-refractivity contribution in [2.45, 2.75) is 31.1 Å². The zero-order valence-electron chi connectivity index (χ0n) is 17.7. The molecular weight excluding hydrogens is 446 g/mol. The van der Waals surface area contributed by atoms with E-state index < -0.39 is 10.0 Å². The molecule has 0 spiro atoms. The molecule has 1 aliphatic rings. The van der Waals surface area contributed by atoms with Crippen molar-refractivity contribution in [3.8, 4) is 0 Å². The summed E-state index contributed by atoms with van der Waals surface area (Å²) in [6.07, 6.45) is 0.969. The maximum absolute atomic E-state index is 12.5. The number of nitrogens with one attached hydrogen (secondary N) is 1. The summed E-state index contributed by atoms with van der Waals surface area (Å²) in [6, 6.07) is 6.02. The number of halogens is 1. The van der Waals surface area contributed by atoms with Crippen LogP contribution >= 0.6 is 11.6 Å². The zero-order valence-corrected chi connectivity index (χ0v) is 19.2. The quantitative estimate of drug-likeness (QED) is 0.540. The van der Waals surface area contributed by atoms with E-state index in [9.17, 15) is 22.8 Å². The van der Waals surface area contributed by atoms with Gasteiger partial charge >= 0.3 is 5.97 Å². The highest BCUT2D eigenvalue weighted by Crippen LogP contribution is 2.20. The molecule has 0 saturated carbocycles. The summed E-state index contributed by atoms with van der Waals surface area (Å²) >= 11 is 5.91. The number of nitrogens with zero attached hydrogens (tertiary/aromatic N) is 2. The molecule has 1 aromatic rings. The van der Waals surface area contributed by atoms with Crippen LogP contribution in [-0.4, -0.2) is 75.8 Å². The van der Waals surface area contributed by atoms with Crippen LogP contribution in [0.4, 0.5) is 0 Å². The molecule has 1 aliphatic heterocycles. The van der Waals surface area contributed by atoms with Crippen molar-refractivity contribution >= 4 is 39.4 Å². The number of hydrogen-bond acceptors (Lipinski definition) is 6. The van der Waals surface area contributed by atoms with Gasteiger partial charge in [0.25, 0.3) is 0 Å². The van der Waals surface area contributed by atoms with Crippen molar-refractivity contribution in [2.75, 3.05) is 39.8 Å². The minimum absolute atomic E-state index is 0.0566. The Morgan fingerprint density at radius 2 is 1.87 bits per heavy atom. The molecule has 0 radical (unpaired) electrons. The summed E-state index contributed by atoms with van der Waals surface area (Å²) in [6.45, 7) is 2.73. The van der Waals surface area contributed by atoms with E-state index in [1.165, 1.54) is 24.1 Å². The van der Waals surface area contributed by atoms with Crippen LogP contribution < -0.4 is 4.72 Å². The third-order valence-electron chi connectivity index (χ3n) is 5.02. The van der Waals surface area contributed by atoms with Crippen LogP contribution in [0.15, 0.2) is 29.2 Å². The van der Waals surface area contributed by atoms with Gasteiger partial charge in [-0.3, -0.25) is 14.4 Å². The van der Waals surface area contributed by atoms with Crippen molar-refractivity contribution < 1.29 is 27.5 Å². The molecule has 11 heteroatoms. The van der Waals surface area contributed by atoms with Crippen LogP contribution in [0.1, 0.15) is 26.2 Å². The number of benzene rings is 1. The van der Waals surface area contributed by atoms with Crippen LogP contribution in [0.2, 0.25) is 5.02 Å². The van der Waals surface area contributed by atoms with E-state index in [0.717, 1.165) is 0 Å². The average molecular weight is 474 g/mol. The minimum Gasteiger partial charge on any atom is -0.466 e. The Morgan fingerprint density at radius 3 is 2.48 bits per heavy atom. The fourth-order valence-electron chi connectivity index (χ4n) is 3.24. The number of ether oxygens (including phenoxy) is 1. The molecule has 1 fully saturated rings. The fourth-order valence-corrected chi connectivity index (χ4v) is 4.79. The summed E-state index contributed by atoms with van der Waals surface area (Å²) in [5.41, 5.74) is 0. The zero-order chi connectivity index (χ0) is 23.0. The molecule has 0 aliphatic carbocycles. The van der Waals surface area contributed by atoms with Crippen LogP contribution in [0.5, 0.6) is 0 Å². The lowest BCUT2D eigenvalue weighted by Crippen LogP contribution is -2.46. The molecule has 1 saturated heterocycles. The van der Waals surface area contributed by atoms with E-state index in [1.54, 1.807) is 24.0 Å². The average Bonchev–Trinajstić information content (AvgIpc) is 2.73. The first-order valence-electron chi connectivity index (χ1n) is 10.1.